The van der Waals surface area contributed by atoms with Crippen LogP contribution in [0.3, 0.4) is 0 Å². The Morgan fingerprint density at radius 2 is 1.06 bits per heavy atom. The zero-order valence-corrected chi connectivity index (χ0v) is 18.2. The van der Waals surface area contributed by atoms with Crippen molar-refractivity contribution in [2.75, 3.05) is 0 Å². The maximum atomic E-state index is 12.7. The number of amides is 1. The summed E-state index contributed by atoms with van der Waals surface area (Å²) in [6.07, 6.45) is 1.45. The molecule has 162 valence electrons. The van der Waals surface area contributed by atoms with Gasteiger partial charge in [0, 0.05) is 11.9 Å². The molecule has 0 unspecified atom stereocenters. The molecule has 1 aromatic heterocycles. The largest absolute Gasteiger partial charge is 0.494 e. The molecule has 0 aliphatic carbocycles. The van der Waals surface area contributed by atoms with Gasteiger partial charge in [0.25, 0.3) is 5.91 Å². The summed E-state index contributed by atoms with van der Waals surface area (Å²) in [6.45, 7) is 0. The molecule has 4 heteroatoms. The number of carbonyl (C=O) groups is 1. The lowest BCUT2D eigenvalue weighted by Crippen LogP contribution is -2.01. The SMILES string of the molecule is O=C1N=Cc2c1c(-c1ccc(-c3ccccc3)cc1)n(-c1ccc(-c3ccccc3)cc1)c2O. The van der Waals surface area contributed by atoms with Crippen LogP contribution in [-0.2, 0) is 0 Å². The van der Waals surface area contributed by atoms with Crippen LogP contribution >= 0.6 is 0 Å². The van der Waals surface area contributed by atoms with E-state index < -0.39 is 0 Å². The highest BCUT2D eigenvalue weighted by atomic mass is 16.3. The summed E-state index contributed by atoms with van der Waals surface area (Å²) >= 11 is 0. The molecule has 2 heterocycles. The van der Waals surface area contributed by atoms with E-state index in [1.807, 2.05) is 84.9 Å². The molecule has 5 aromatic rings. The summed E-state index contributed by atoms with van der Waals surface area (Å²) in [5, 5.41) is 11.1. The van der Waals surface area contributed by atoms with E-state index in [1.165, 1.54) is 6.21 Å². The number of hydrogen-bond donors (Lipinski definition) is 1. The van der Waals surface area contributed by atoms with Crippen molar-refractivity contribution >= 4 is 12.1 Å². The van der Waals surface area contributed by atoms with Crippen LogP contribution in [0.25, 0.3) is 39.2 Å². The number of benzene rings is 4. The van der Waals surface area contributed by atoms with Gasteiger partial charge < -0.3 is 5.11 Å². The molecule has 0 atom stereocenters. The van der Waals surface area contributed by atoms with E-state index in [2.05, 4.69) is 29.3 Å². The van der Waals surface area contributed by atoms with Gasteiger partial charge in [-0.15, -0.1) is 0 Å². The fourth-order valence-electron chi connectivity index (χ4n) is 4.51. The Hall–Kier alpha value is -4.70. The topological polar surface area (TPSA) is 54.6 Å². The molecule has 1 aliphatic rings. The monoisotopic (exact) mass is 440 g/mol. The second kappa shape index (κ2) is 8.01. The van der Waals surface area contributed by atoms with Gasteiger partial charge in [0.05, 0.1) is 16.8 Å². The van der Waals surface area contributed by atoms with Gasteiger partial charge in [-0.05, 0) is 39.9 Å². The summed E-state index contributed by atoms with van der Waals surface area (Å²) in [6, 6.07) is 36.3. The number of carbonyl (C=O) groups excluding carboxylic acids is 1. The Morgan fingerprint density at radius 1 is 0.588 bits per heavy atom. The Balaban J connectivity index is 1.48. The normalized spacial score (nSPS) is 12.2. The molecule has 0 radical (unpaired) electrons. The Kier molecular flexibility index (Phi) is 4.70. The average Bonchev–Trinajstić information content (AvgIpc) is 3.43. The summed E-state index contributed by atoms with van der Waals surface area (Å²) in [5.41, 5.74) is 7.53. The predicted octanol–water partition coefficient (Wildman–Crippen LogP) is 6.76. The van der Waals surface area contributed by atoms with Gasteiger partial charge in [-0.2, -0.15) is 0 Å². The van der Waals surface area contributed by atoms with Gasteiger partial charge in [-0.3, -0.25) is 9.36 Å². The molecule has 34 heavy (non-hydrogen) atoms. The van der Waals surface area contributed by atoms with Crippen LogP contribution in [0.1, 0.15) is 15.9 Å². The van der Waals surface area contributed by atoms with Crippen molar-refractivity contribution in [1.82, 2.24) is 4.57 Å². The van der Waals surface area contributed by atoms with Gasteiger partial charge in [0.2, 0.25) is 5.88 Å². The second-order valence-corrected chi connectivity index (χ2v) is 8.22. The molecule has 6 rings (SSSR count). The van der Waals surface area contributed by atoms with Crippen molar-refractivity contribution in [1.29, 1.82) is 0 Å². The van der Waals surface area contributed by atoms with Gasteiger partial charge in [-0.25, -0.2) is 4.99 Å². The quantitative estimate of drug-likeness (QED) is 0.336. The van der Waals surface area contributed by atoms with Crippen molar-refractivity contribution in [2.45, 2.75) is 0 Å². The first kappa shape index (κ1) is 19.9. The van der Waals surface area contributed by atoms with E-state index in [1.54, 1.807) is 4.57 Å². The molecule has 0 fully saturated rings. The standard InChI is InChI=1S/C30H20N2O2/c33-29-27-26(19-31-29)30(34)32(25-17-15-23(16-18-25)21-9-5-2-6-10-21)28(27)24-13-11-22(12-14-24)20-7-3-1-4-8-20/h1-19,34H. The molecule has 1 N–H and O–H groups in total. The highest BCUT2D eigenvalue weighted by molar-refractivity contribution is 6.18. The van der Waals surface area contributed by atoms with Crippen LogP contribution in [-0.4, -0.2) is 21.8 Å². The minimum absolute atomic E-state index is 0.0131. The number of fused-ring (bicyclic) bond motifs is 1. The van der Waals surface area contributed by atoms with E-state index in [9.17, 15) is 9.90 Å². The molecule has 1 aliphatic heterocycles. The smallest absolute Gasteiger partial charge is 0.280 e. The molecular formula is C30H20N2O2. The molecule has 4 nitrogen and oxygen atoms in total. The third-order valence-corrected chi connectivity index (χ3v) is 6.21. The van der Waals surface area contributed by atoms with Crippen molar-refractivity contribution in [3.8, 4) is 45.1 Å². The third kappa shape index (κ3) is 3.24. The van der Waals surface area contributed by atoms with E-state index in [4.69, 9.17) is 0 Å². The number of aliphatic imine (C=N–C) groups is 1. The number of hydrogen-bond acceptors (Lipinski definition) is 2. The molecule has 4 aromatic carbocycles. The third-order valence-electron chi connectivity index (χ3n) is 6.21. The first-order valence-corrected chi connectivity index (χ1v) is 11.1. The van der Waals surface area contributed by atoms with E-state index in [-0.39, 0.29) is 11.8 Å². The van der Waals surface area contributed by atoms with Crippen LogP contribution in [0.5, 0.6) is 5.88 Å². The van der Waals surface area contributed by atoms with Crippen LogP contribution in [0.15, 0.2) is 114 Å². The summed E-state index contributed by atoms with van der Waals surface area (Å²) in [5.74, 6) is -0.328. The Labute approximate surface area is 197 Å². The second-order valence-electron chi connectivity index (χ2n) is 8.22. The molecule has 0 saturated carbocycles. The van der Waals surface area contributed by atoms with Crippen molar-refractivity contribution in [2.24, 2.45) is 4.99 Å². The Bertz CT molecular complexity index is 1530. The fourth-order valence-corrected chi connectivity index (χ4v) is 4.51. The van der Waals surface area contributed by atoms with E-state index in [0.717, 1.165) is 33.5 Å². The van der Waals surface area contributed by atoms with Gasteiger partial charge in [-0.1, -0.05) is 97.1 Å². The minimum Gasteiger partial charge on any atom is -0.494 e. The minimum atomic E-state index is -0.341. The highest BCUT2D eigenvalue weighted by Crippen LogP contribution is 2.41. The van der Waals surface area contributed by atoms with Crippen molar-refractivity contribution in [3.05, 3.63) is 120 Å². The van der Waals surface area contributed by atoms with Gasteiger partial charge >= 0.3 is 0 Å². The lowest BCUT2D eigenvalue weighted by atomic mass is 10.0. The van der Waals surface area contributed by atoms with Gasteiger partial charge in [0.15, 0.2) is 0 Å². The maximum absolute atomic E-state index is 12.7. The predicted molar refractivity (Wildman–Crippen MR) is 136 cm³/mol. The van der Waals surface area contributed by atoms with E-state index >= 15 is 0 Å². The first-order chi connectivity index (χ1) is 16.7. The number of rotatable bonds is 4. The van der Waals surface area contributed by atoms with Crippen LogP contribution in [0.2, 0.25) is 0 Å². The molecule has 1 amide bonds. The Morgan fingerprint density at radius 3 is 1.62 bits per heavy atom. The van der Waals surface area contributed by atoms with Crippen molar-refractivity contribution < 1.29 is 9.90 Å². The number of aromatic hydroxyl groups is 1. The average molecular weight is 441 g/mol. The van der Waals surface area contributed by atoms with Crippen molar-refractivity contribution in [3.63, 3.8) is 0 Å². The molecule has 0 saturated heterocycles. The first-order valence-electron chi connectivity index (χ1n) is 11.1. The zero-order valence-electron chi connectivity index (χ0n) is 18.2. The van der Waals surface area contributed by atoms with Crippen LogP contribution in [0, 0.1) is 0 Å². The highest BCUT2D eigenvalue weighted by Gasteiger charge is 2.31. The lowest BCUT2D eigenvalue weighted by molar-refractivity contribution is 0.101. The van der Waals surface area contributed by atoms with Crippen LogP contribution in [0.4, 0.5) is 0 Å². The van der Waals surface area contributed by atoms with Crippen LogP contribution < -0.4 is 0 Å². The molecule has 0 spiro atoms. The van der Waals surface area contributed by atoms with Gasteiger partial charge in [0.1, 0.15) is 0 Å². The van der Waals surface area contributed by atoms with E-state index in [0.29, 0.717) is 16.8 Å². The molecular weight excluding hydrogens is 420 g/mol. The lowest BCUT2D eigenvalue weighted by Gasteiger charge is -2.13. The number of nitrogens with zero attached hydrogens (tertiary/aromatic N) is 2. The maximum Gasteiger partial charge on any atom is 0.280 e. The summed E-state index contributed by atoms with van der Waals surface area (Å²) < 4.78 is 1.74. The summed E-state index contributed by atoms with van der Waals surface area (Å²) in [4.78, 5) is 16.6. The molecule has 0 bridgehead atoms. The number of aromatic nitrogens is 1. The summed E-state index contributed by atoms with van der Waals surface area (Å²) in [7, 11) is 0. The fraction of sp³-hybridized carbons (Fsp3) is 0. The zero-order chi connectivity index (χ0) is 23.1.